The van der Waals surface area contributed by atoms with Crippen molar-refractivity contribution >= 4 is 11.6 Å². The van der Waals surface area contributed by atoms with Gasteiger partial charge in [-0.15, -0.1) is 0 Å². The van der Waals surface area contributed by atoms with Crippen molar-refractivity contribution in [3.8, 4) is 0 Å². The predicted octanol–water partition coefficient (Wildman–Crippen LogP) is 3.36. The van der Waals surface area contributed by atoms with Gasteiger partial charge in [-0.1, -0.05) is 20.8 Å². The van der Waals surface area contributed by atoms with E-state index in [1.54, 1.807) is 0 Å². The molecule has 1 unspecified atom stereocenters. The summed E-state index contributed by atoms with van der Waals surface area (Å²) in [6.07, 6.45) is 2.70. The van der Waals surface area contributed by atoms with Gasteiger partial charge in [-0.3, -0.25) is 0 Å². The van der Waals surface area contributed by atoms with Gasteiger partial charge in [0.15, 0.2) is 0 Å². The molecule has 1 N–H and O–H groups in total. The molecule has 0 aromatic carbocycles. The molecule has 0 radical (unpaired) electrons. The number of nitrogens with zero attached hydrogens (tertiary/aromatic N) is 3. The summed E-state index contributed by atoms with van der Waals surface area (Å²) >= 11 is 0. The number of hydrogen-bond donors (Lipinski definition) is 1. The number of anilines is 2. The fraction of sp³-hybridized carbons (Fsp3) is 0.750. The van der Waals surface area contributed by atoms with Crippen LogP contribution in [0.2, 0.25) is 0 Å². The summed E-state index contributed by atoms with van der Waals surface area (Å²) in [7, 11) is 4.08. The van der Waals surface area contributed by atoms with Crippen LogP contribution in [-0.2, 0) is 5.41 Å². The van der Waals surface area contributed by atoms with E-state index in [-0.39, 0.29) is 5.41 Å². The molecule has 1 aromatic rings. The highest BCUT2D eigenvalue weighted by Gasteiger charge is 2.32. The Morgan fingerprint density at radius 1 is 1.25 bits per heavy atom. The zero-order chi connectivity index (χ0) is 15.1. The van der Waals surface area contributed by atoms with Crippen molar-refractivity contribution in [2.45, 2.75) is 58.9 Å². The lowest BCUT2D eigenvalue weighted by Crippen LogP contribution is -2.33. The van der Waals surface area contributed by atoms with Crippen LogP contribution in [0, 0.1) is 12.8 Å². The Morgan fingerprint density at radius 2 is 1.85 bits per heavy atom. The van der Waals surface area contributed by atoms with Crippen molar-refractivity contribution in [3.05, 3.63) is 11.4 Å². The van der Waals surface area contributed by atoms with Gasteiger partial charge in [0.1, 0.15) is 17.5 Å². The van der Waals surface area contributed by atoms with E-state index in [4.69, 9.17) is 4.98 Å². The Balaban J connectivity index is 2.44. The molecule has 1 fully saturated rings. The number of rotatable bonds is 4. The normalized spacial score (nSPS) is 16.9. The van der Waals surface area contributed by atoms with Crippen LogP contribution in [0.25, 0.3) is 0 Å². The first-order chi connectivity index (χ1) is 9.25. The lowest BCUT2D eigenvalue weighted by atomic mass is 9.95. The van der Waals surface area contributed by atoms with Gasteiger partial charge in [0.25, 0.3) is 0 Å². The molecule has 0 amide bonds. The molecule has 1 atom stereocenters. The van der Waals surface area contributed by atoms with E-state index >= 15 is 0 Å². The minimum atomic E-state index is -0.0439. The molecule has 20 heavy (non-hydrogen) atoms. The van der Waals surface area contributed by atoms with E-state index in [9.17, 15) is 0 Å². The Bertz CT molecular complexity index is 486. The first kappa shape index (κ1) is 15.1. The lowest BCUT2D eigenvalue weighted by Gasteiger charge is -2.29. The molecular formula is C16H28N4. The highest BCUT2D eigenvalue weighted by atomic mass is 15.2. The molecule has 0 spiro atoms. The fourth-order valence-corrected chi connectivity index (χ4v) is 2.51. The smallest absolute Gasteiger partial charge is 0.138 e. The quantitative estimate of drug-likeness (QED) is 0.915. The van der Waals surface area contributed by atoms with Gasteiger partial charge in [0.2, 0.25) is 0 Å². The molecule has 4 heteroatoms. The summed E-state index contributed by atoms with van der Waals surface area (Å²) in [5.74, 6) is 3.73. The number of aromatic nitrogens is 2. The minimum absolute atomic E-state index is 0.0439. The monoisotopic (exact) mass is 276 g/mol. The predicted molar refractivity (Wildman–Crippen MR) is 85.6 cm³/mol. The van der Waals surface area contributed by atoms with Crippen molar-refractivity contribution in [2.75, 3.05) is 24.3 Å². The van der Waals surface area contributed by atoms with E-state index in [1.165, 1.54) is 12.8 Å². The van der Waals surface area contributed by atoms with Gasteiger partial charge < -0.3 is 10.2 Å². The molecular weight excluding hydrogens is 248 g/mol. The second kappa shape index (κ2) is 5.23. The van der Waals surface area contributed by atoms with E-state index in [0.717, 1.165) is 28.9 Å². The van der Waals surface area contributed by atoms with Crippen LogP contribution in [0.3, 0.4) is 0 Å². The molecule has 1 saturated carbocycles. The average Bonchev–Trinajstić information content (AvgIpc) is 3.20. The van der Waals surface area contributed by atoms with Crippen molar-refractivity contribution < 1.29 is 0 Å². The van der Waals surface area contributed by atoms with Crippen LogP contribution in [-0.4, -0.2) is 30.1 Å². The zero-order valence-corrected chi connectivity index (χ0v) is 13.9. The summed E-state index contributed by atoms with van der Waals surface area (Å²) in [6.45, 7) is 10.9. The second-order valence-electron chi connectivity index (χ2n) is 7.03. The van der Waals surface area contributed by atoms with Crippen LogP contribution in [0.4, 0.5) is 11.6 Å². The molecule has 1 heterocycles. The zero-order valence-electron chi connectivity index (χ0n) is 13.9. The first-order valence-electron chi connectivity index (χ1n) is 7.55. The Labute approximate surface area is 123 Å². The van der Waals surface area contributed by atoms with E-state index in [2.05, 4.69) is 56.9 Å². The molecule has 0 saturated heterocycles. The fourth-order valence-electron chi connectivity index (χ4n) is 2.51. The highest BCUT2D eigenvalue weighted by molar-refractivity contribution is 5.59. The maximum atomic E-state index is 4.86. The van der Waals surface area contributed by atoms with Crippen LogP contribution in [0.15, 0.2) is 0 Å². The van der Waals surface area contributed by atoms with Gasteiger partial charge >= 0.3 is 0 Å². The van der Waals surface area contributed by atoms with Gasteiger partial charge in [-0.2, -0.15) is 0 Å². The van der Waals surface area contributed by atoms with Crippen LogP contribution in [0.5, 0.6) is 0 Å². The maximum absolute atomic E-state index is 4.86. The third-order valence-electron chi connectivity index (χ3n) is 4.28. The van der Waals surface area contributed by atoms with Gasteiger partial charge in [0.05, 0.1) is 0 Å². The molecule has 1 aliphatic rings. The molecule has 1 aromatic heterocycles. The first-order valence-corrected chi connectivity index (χ1v) is 7.55. The van der Waals surface area contributed by atoms with Crippen LogP contribution in [0.1, 0.15) is 51.9 Å². The van der Waals surface area contributed by atoms with Gasteiger partial charge in [0, 0.05) is 31.1 Å². The lowest BCUT2D eigenvalue weighted by molar-refractivity contribution is 0.539. The molecule has 1 aliphatic carbocycles. The Kier molecular flexibility index (Phi) is 3.94. The number of hydrogen-bond acceptors (Lipinski definition) is 4. The molecule has 112 valence electrons. The van der Waals surface area contributed by atoms with Crippen molar-refractivity contribution in [3.63, 3.8) is 0 Å². The van der Waals surface area contributed by atoms with E-state index in [0.29, 0.717) is 6.04 Å². The third kappa shape index (κ3) is 2.89. The Morgan fingerprint density at radius 3 is 2.30 bits per heavy atom. The Hall–Kier alpha value is -1.32. The molecule has 4 nitrogen and oxygen atoms in total. The summed E-state index contributed by atoms with van der Waals surface area (Å²) in [5.41, 5.74) is 1.09. The largest absolute Gasteiger partial charge is 0.373 e. The third-order valence-corrected chi connectivity index (χ3v) is 4.28. The summed E-state index contributed by atoms with van der Waals surface area (Å²) in [5, 5.41) is 3.21. The van der Waals surface area contributed by atoms with Gasteiger partial charge in [-0.25, -0.2) is 9.97 Å². The van der Waals surface area contributed by atoms with E-state index < -0.39 is 0 Å². The molecule has 0 aliphatic heterocycles. The van der Waals surface area contributed by atoms with Crippen molar-refractivity contribution in [2.24, 2.45) is 5.92 Å². The SMILES string of the molecule is CNc1nc(C(C)(C)C)nc(N(C)C(C)C2CC2)c1C. The topological polar surface area (TPSA) is 41.1 Å². The van der Waals surface area contributed by atoms with Crippen LogP contribution < -0.4 is 10.2 Å². The molecule has 2 rings (SSSR count). The standard InChI is InChI=1S/C16H28N4/c1-10-13(17-6)18-15(16(3,4)5)19-14(10)20(7)11(2)12-8-9-12/h11-12H,8-9H2,1-7H3,(H,17,18,19). The number of nitrogens with one attached hydrogen (secondary N) is 1. The second-order valence-corrected chi connectivity index (χ2v) is 7.03. The van der Waals surface area contributed by atoms with Gasteiger partial charge in [-0.05, 0) is 32.6 Å². The summed E-state index contributed by atoms with van der Waals surface area (Å²) in [4.78, 5) is 11.9. The molecule has 0 bridgehead atoms. The summed E-state index contributed by atoms with van der Waals surface area (Å²) < 4.78 is 0. The highest BCUT2D eigenvalue weighted by Crippen LogP contribution is 2.37. The van der Waals surface area contributed by atoms with Crippen molar-refractivity contribution in [1.29, 1.82) is 0 Å². The van der Waals surface area contributed by atoms with Crippen LogP contribution >= 0.6 is 0 Å². The average molecular weight is 276 g/mol. The maximum Gasteiger partial charge on any atom is 0.138 e. The summed E-state index contributed by atoms with van der Waals surface area (Å²) in [6, 6.07) is 0.543. The van der Waals surface area contributed by atoms with Crippen molar-refractivity contribution in [1.82, 2.24) is 9.97 Å². The van der Waals surface area contributed by atoms with E-state index in [1.807, 2.05) is 7.05 Å². The minimum Gasteiger partial charge on any atom is -0.373 e.